The van der Waals surface area contributed by atoms with Gasteiger partial charge in [-0.3, -0.25) is 0 Å². The van der Waals surface area contributed by atoms with E-state index in [1.54, 1.807) is 0 Å². The van der Waals surface area contributed by atoms with E-state index in [-0.39, 0.29) is 0 Å². The van der Waals surface area contributed by atoms with Gasteiger partial charge in [0.25, 0.3) is 0 Å². The van der Waals surface area contributed by atoms with E-state index in [0.29, 0.717) is 6.04 Å². The Hall–Kier alpha value is 0.110. The molecule has 19 heavy (non-hydrogen) atoms. The van der Waals surface area contributed by atoms with Crippen LogP contribution in [0.25, 0.3) is 0 Å². The highest BCUT2D eigenvalue weighted by Crippen LogP contribution is 2.34. The van der Waals surface area contributed by atoms with Crippen molar-refractivity contribution < 1.29 is 0 Å². The molecule has 2 rings (SSSR count). The van der Waals surface area contributed by atoms with Gasteiger partial charge >= 0.3 is 0 Å². The first kappa shape index (κ1) is 15.5. The maximum atomic E-state index is 6.31. The summed E-state index contributed by atoms with van der Waals surface area (Å²) >= 11 is 14.5. The summed E-state index contributed by atoms with van der Waals surface area (Å²) in [6.45, 7) is 3.07. The first-order valence-corrected chi connectivity index (χ1v) is 8.81. The smallest absolute Gasteiger partial charge is 0.0455 e. The monoisotopic (exact) mass is 317 g/mol. The lowest BCUT2D eigenvalue weighted by molar-refractivity contribution is 0.605. The third-order valence-corrected chi connectivity index (χ3v) is 5.63. The topological polar surface area (TPSA) is 12.0 Å². The van der Waals surface area contributed by atoms with Crippen LogP contribution in [0.4, 0.5) is 0 Å². The molecule has 0 aromatic heterocycles. The maximum Gasteiger partial charge on any atom is 0.0455 e. The summed E-state index contributed by atoms with van der Waals surface area (Å²) in [5.74, 6) is 1.07. The Kier molecular flexibility index (Phi) is 6.34. The number of rotatable bonds is 6. The van der Waals surface area contributed by atoms with Crippen molar-refractivity contribution in [3.8, 4) is 0 Å². The van der Waals surface area contributed by atoms with E-state index >= 15 is 0 Å². The van der Waals surface area contributed by atoms with Crippen LogP contribution in [-0.2, 0) is 0 Å². The molecule has 106 valence electrons. The average molecular weight is 318 g/mol. The zero-order valence-corrected chi connectivity index (χ0v) is 13.6. The third-order valence-electron chi connectivity index (χ3n) is 3.58. The standard InChI is InChI=1S/C15H21Cl2NS/c1-2-18-15(10-19-12-5-3-4-6-12)13-9-11(16)7-8-14(13)17/h7-9,12,15,18H,2-6,10H2,1H3. The van der Waals surface area contributed by atoms with Gasteiger partial charge in [-0.2, -0.15) is 11.8 Å². The van der Waals surface area contributed by atoms with Gasteiger partial charge in [0.2, 0.25) is 0 Å². The fourth-order valence-corrected chi connectivity index (χ4v) is 4.43. The van der Waals surface area contributed by atoms with Crippen LogP contribution in [0.3, 0.4) is 0 Å². The van der Waals surface area contributed by atoms with Crippen molar-refractivity contribution >= 4 is 35.0 Å². The Bertz CT molecular complexity index is 405. The summed E-state index contributed by atoms with van der Waals surface area (Å²) in [7, 11) is 0. The number of hydrogen-bond acceptors (Lipinski definition) is 2. The highest BCUT2D eigenvalue weighted by Gasteiger charge is 2.20. The van der Waals surface area contributed by atoms with E-state index < -0.39 is 0 Å². The van der Waals surface area contributed by atoms with Gasteiger partial charge in [-0.1, -0.05) is 43.0 Å². The van der Waals surface area contributed by atoms with E-state index in [4.69, 9.17) is 23.2 Å². The highest BCUT2D eigenvalue weighted by atomic mass is 35.5. The second-order valence-electron chi connectivity index (χ2n) is 5.02. The molecule has 0 heterocycles. The summed E-state index contributed by atoms with van der Waals surface area (Å²) in [6, 6.07) is 6.03. The summed E-state index contributed by atoms with van der Waals surface area (Å²) < 4.78 is 0. The van der Waals surface area contributed by atoms with Crippen LogP contribution in [0.5, 0.6) is 0 Å². The van der Waals surface area contributed by atoms with Gasteiger partial charge < -0.3 is 5.32 Å². The quantitative estimate of drug-likeness (QED) is 0.762. The summed E-state index contributed by atoms with van der Waals surface area (Å²) in [4.78, 5) is 0. The zero-order chi connectivity index (χ0) is 13.7. The number of hydrogen-bond donors (Lipinski definition) is 1. The summed E-state index contributed by atoms with van der Waals surface area (Å²) in [6.07, 6.45) is 5.52. The number of benzene rings is 1. The third kappa shape index (κ3) is 4.56. The van der Waals surface area contributed by atoms with Crippen molar-refractivity contribution in [1.29, 1.82) is 0 Å². The normalized spacial score (nSPS) is 17.8. The predicted molar refractivity (Wildman–Crippen MR) is 87.6 cm³/mol. The van der Waals surface area contributed by atoms with Gasteiger partial charge in [0.15, 0.2) is 0 Å². The van der Waals surface area contributed by atoms with Crippen molar-refractivity contribution in [3.05, 3.63) is 33.8 Å². The number of thioether (sulfide) groups is 1. The van der Waals surface area contributed by atoms with Crippen LogP contribution < -0.4 is 5.32 Å². The van der Waals surface area contributed by atoms with Crippen LogP contribution in [0.15, 0.2) is 18.2 Å². The molecule has 1 N–H and O–H groups in total. The van der Waals surface area contributed by atoms with E-state index in [9.17, 15) is 0 Å². The Morgan fingerprint density at radius 2 is 2.05 bits per heavy atom. The number of halogens is 2. The number of nitrogens with one attached hydrogen (secondary N) is 1. The Balaban J connectivity index is 2.03. The molecule has 0 amide bonds. The molecule has 0 spiro atoms. The van der Waals surface area contributed by atoms with E-state index in [1.165, 1.54) is 25.7 Å². The molecular formula is C15H21Cl2NS. The molecule has 1 fully saturated rings. The van der Waals surface area contributed by atoms with Crippen molar-refractivity contribution in [3.63, 3.8) is 0 Å². The van der Waals surface area contributed by atoms with Crippen molar-refractivity contribution in [2.75, 3.05) is 12.3 Å². The second kappa shape index (κ2) is 7.78. The second-order valence-corrected chi connectivity index (χ2v) is 7.19. The molecule has 1 nitrogen and oxygen atoms in total. The van der Waals surface area contributed by atoms with Crippen LogP contribution in [0, 0.1) is 0 Å². The molecule has 1 aromatic carbocycles. The lowest BCUT2D eigenvalue weighted by Gasteiger charge is -2.21. The van der Waals surface area contributed by atoms with Crippen molar-refractivity contribution in [2.45, 2.75) is 43.9 Å². The zero-order valence-electron chi connectivity index (χ0n) is 11.3. The Morgan fingerprint density at radius 1 is 1.32 bits per heavy atom. The van der Waals surface area contributed by atoms with Crippen molar-refractivity contribution in [2.24, 2.45) is 0 Å². The molecule has 1 aliphatic carbocycles. The highest BCUT2D eigenvalue weighted by molar-refractivity contribution is 7.99. The fraction of sp³-hybridized carbons (Fsp3) is 0.600. The molecule has 0 aliphatic heterocycles. The van der Waals surface area contributed by atoms with Gasteiger partial charge in [-0.25, -0.2) is 0 Å². The molecule has 1 atom stereocenters. The van der Waals surface area contributed by atoms with Crippen molar-refractivity contribution in [1.82, 2.24) is 5.32 Å². The van der Waals surface area contributed by atoms with Crippen LogP contribution in [0.2, 0.25) is 10.0 Å². The summed E-state index contributed by atoms with van der Waals surface area (Å²) in [5, 5.41) is 5.92. The van der Waals surface area contributed by atoms with Gasteiger partial charge in [0.1, 0.15) is 0 Å². The first-order chi connectivity index (χ1) is 9.20. The van der Waals surface area contributed by atoms with E-state index in [1.807, 2.05) is 18.2 Å². The summed E-state index contributed by atoms with van der Waals surface area (Å²) in [5.41, 5.74) is 1.13. The largest absolute Gasteiger partial charge is 0.309 e. The first-order valence-electron chi connectivity index (χ1n) is 7.00. The van der Waals surface area contributed by atoms with Gasteiger partial charge in [0.05, 0.1) is 0 Å². The molecule has 1 aromatic rings. The molecule has 0 bridgehead atoms. The lowest BCUT2D eigenvalue weighted by Crippen LogP contribution is -2.24. The Morgan fingerprint density at radius 3 is 2.74 bits per heavy atom. The minimum atomic E-state index is 0.293. The Labute approximate surface area is 130 Å². The average Bonchev–Trinajstić information content (AvgIpc) is 2.91. The molecular weight excluding hydrogens is 297 g/mol. The van der Waals surface area contributed by atoms with Gasteiger partial charge in [-0.05, 0) is 43.1 Å². The van der Waals surface area contributed by atoms with Gasteiger partial charge in [0, 0.05) is 27.1 Å². The van der Waals surface area contributed by atoms with Gasteiger partial charge in [-0.15, -0.1) is 0 Å². The minimum Gasteiger partial charge on any atom is -0.309 e. The maximum absolute atomic E-state index is 6.31. The lowest BCUT2D eigenvalue weighted by atomic mass is 10.1. The molecule has 1 aliphatic rings. The van der Waals surface area contributed by atoms with E-state index in [2.05, 4.69) is 24.0 Å². The molecule has 4 heteroatoms. The minimum absolute atomic E-state index is 0.293. The van der Waals surface area contributed by atoms with E-state index in [0.717, 1.165) is 33.2 Å². The SMILES string of the molecule is CCNC(CSC1CCCC1)c1cc(Cl)ccc1Cl. The van der Waals surface area contributed by atoms with Crippen LogP contribution >= 0.6 is 35.0 Å². The van der Waals surface area contributed by atoms with Crippen LogP contribution in [-0.4, -0.2) is 17.5 Å². The molecule has 1 saturated carbocycles. The molecule has 0 saturated heterocycles. The fourth-order valence-electron chi connectivity index (χ4n) is 2.57. The molecule has 1 unspecified atom stereocenters. The van der Waals surface area contributed by atoms with Crippen LogP contribution in [0.1, 0.15) is 44.2 Å². The molecule has 0 radical (unpaired) electrons. The predicted octanol–water partition coefficient (Wildman–Crippen LogP) is 5.32.